The Bertz CT molecular complexity index is 988. The summed E-state index contributed by atoms with van der Waals surface area (Å²) < 4.78 is 0. The van der Waals surface area contributed by atoms with Crippen LogP contribution in [0.25, 0.3) is 0 Å². The number of rotatable bonds is 7. The predicted octanol–water partition coefficient (Wildman–Crippen LogP) is 4.42. The maximum Gasteiger partial charge on any atom is 0.282 e. The van der Waals surface area contributed by atoms with E-state index in [1.54, 1.807) is 29.5 Å². The van der Waals surface area contributed by atoms with Crippen molar-refractivity contribution in [2.24, 2.45) is 0 Å². The highest BCUT2D eigenvalue weighted by Gasteiger charge is 2.26. The SMILES string of the molecule is CC(C)c1ccc([C@@H]([NH2+][C@H](C)C(=O)Nc2ccccc2C#N)c2cccs2)cc1. The minimum atomic E-state index is -0.321. The molecule has 0 unspecified atom stereocenters. The number of amides is 1. The van der Waals surface area contributed by atoms with Crippen molar-refractivity contribution < 1.29 is 10.1 Å². The Balaban J connectivity index is 1.79. The molecular formula is C24H26N3OS+. The summed E-state index contributed by atoms with van der Waals surface area (Å²) in [5.74, 6) is 0.367. The topological polar surface area (TPSA) is 69.5 Å². The number of benzene rings is 2. The quantitative estimate of drug-likeness (QED) is 0.612. The van der Waals surface area contributed by atoms with E-state index in [9.17, 15) is 10.1 Å². The van der Waals surface area contributed by atoms with Crippen molar-refractivity contribution in [1.82, 2.24) is 0 Å². The minimum Gasteiger partial charge on any atom is -0.326 e. The monoisotopic (exact) mass is 404 g/mol. The van der Waals surface area contributed by atoms with E-state index >= 15 is 0 Å². The van der Waals surface area contributed by atoms with Crippen LogP contribution in [0.1, 0.15) is 54.3 Å². The average Bonchev–Trinajstić information content (AvgIpc) is 3.26. The van der Waals surface area contributed by atoms with E-state index in [0.29, 0.717) is 17.2 Å². The fourth-order valence-electron chi connectivity index (χ4n) is 3.24. The van der Waals surface area contributed by atoms with Gasteiger partial charge in [-0.25, -0.2) is 0 Å². The van der Waals surface area contributed by atoms with Crippen LogP contribution in [0.5, 0.6) is 0 Å². The Hall–Kier alpha value is -2.94. The smallest absolute Gasteiger partial charge is 0.282 e. The molecular weight excluding hydrogens is 378 g/mol. The van der Waals surface area contributed by atoms with Gasteiger partial charge in [0.15, 0.2) is 6.04 Å². The average molecular weight is 405 g/mol. The summed E-state index contributed by atoms with van der Waals surface area (Å²) in [6, 6.07) is 21.7. The molecule has 2 aromatic carbocycles. The number of carbonyl (C=O) groups excluding carboxylic acids is 1. The third-order valence-corrected chi connectivity index (χ3v) is 5.97. The van der Waals surface area contributed by atoms with E-state index in [0.717, 1.165) is 0 Å². The molecule has 0 spiro atoms. The van der Waals surface area contributed by atoms with Gasteiger partial charge in [0.05, 0.1) is 16.1 Å². The van der Waals surface area contributed by atoms with Crippen LogP contribution in [0.15, 0.2) is 66.0 Å². The summed E-state index contributed by atoms with van der Waals surface area (Å²) in [4.78, 5) is 14.0. The Morgan fingerprint density at radius 2 is 1.69 bits per heavy atom. The fraction of sp³-hybridized carbons (Fsp3) is 0.250. The fourth-order valence-corrected chi connectivity index (χ4v) is 4.07. The van der Waals surface area contributed by atoms with Gasteiger partial charge in [-0.15, -0.1) is 11.3 Å². The number of anilines is 1. The third kappa shape index (κ3) is 5.11. The molecule has 1 heterocycles. The molecule has 0 saturated heterocycles. The number of para-hydroxylation sites is 1. The van der Waals surface area contributed by atoms with Crippen molar-refractivity contribution in [3.63, 3.8) is 0 Å². The number of carbonyl (C=O) groups is 1. The number of nitriles is 1. The molecule has 3 rings (SSSR count). The number of hydrogen-bond donors (Lipinski definition) is 2. The molecule has 0 aliphatic carbocycles. The number of quaternary nitrogens is 1. The molecule has 2 atom stereocenters. The van der Waals surface area contributed by atoms with Crippen LogP contribution in [0.2, 0.25) is 0 Å². The summed E-state index contributed by atoms with van der Waals surface area (Å²) in [5.41, 5.74) is 3.49. The number of thiophene rings is 1. The molecule has 1 amide bonds. The minimum absolute atomic E-state index is 0.0446. The second-order valence-electron chi connectivity index (χ2n) is 7.44. The van der Waals surface area contributed by atoms with Crippen LogP contribution in [0.4, 0.5) is 5.69 Å². The normalized spacial score (nSPS) is 12.9. The molecule has 0 aliphatic rings. The van der Waals surface area contributed by atoms with Gasteiger partial charge in [-0.3, -0.25) is 4.79 Å². The molecule has 0 saturated carbocycles. The molecule has 3 N–H and O–H groups in total. The van der Waals surface area contributed by atoms with Crippen molar-refractivity contribution >= 4 is 22.9 Å². The van der Waals surface area contributed by atoms with E-state index in [4.69, 9.17) is 0 Å². The molecule has 0 aliphatic heterocycles. The van der Waals surface area contributed by atoms with Crippen molar-refractivity contribution in [2.75, 3.05) is 5.32 Å². The Labute approximate surface area is 176 Å². The van der Waals surface area contributed by atoms with Crippen molar-refractivity contribution in [3.8, 4) is 6.07 Å². The van der Waals surface area contributed by atoms with E-state index in [2.05, 4.69) is 66.3 Å². The zero-order chi connectivity index (χ0) is 20.8. The summed E-state index contributed by atoms with van der Waals surface area (Å²) in [6.45, 7) is 6.26. The lowest BCUT2D eigenvalue weighted by molar-refractivity contribution is -0.703. The van der Waals surface area contributed by atoms with Crippen LogP contribution >= 0.6 is 11.3 Å². The van der Waals surface area contributed by atoms with Gasteiger partial charge >= 0.3 is 0 Å². The molecule has 5 heteroatoms. The maximum absolute atomic E-state index is 12.8. The van der Waals surface area contributed by atoms with Crippen molar-refractivity contribution in [3.05, 3.63) is 87.6 Å². The third-order valence-electron chi connectivity index (χ3n) is 5.01. The zero-order valence-corrected chi connectivity index (χ0v) is 17.7. The highest BCUT2D eigenvalue weighted by molar-refractivity contribution is 7.10. The second-order valence-corrected chi connectivity index (χ2v) is 8.42. The maximum atomic E-state index is 12.8. The summed E-state index contributed by atoms with van der Waals surface area (Å²) in [6.07, 6.45) is 0. The number of hydrogen-bond acceptors (Lipinski definition) is 3. The van der Waals surface area contributed by atoms with Crippen LogP contribution < -0.4 is 10.6 Å². The van der Waals surface area contributed by atoms with Gasteiger partial charge in [0, 0.05) is 5.56 Å². The first kappa shape index (κ1) is 20.8. The molecule has 0 bridgehead atoms. The van der Waals surface area contributed by atoms with Gasteiger partial charge in [0.1, 0.15) is 12.1 Å². The van der Waals surface area contributed by atoms with Crippen molar-refractivity contribution in [2.45, 2.75) is 38.8 Å². The predicted molar refractivity (Wildman–Crippen MR) is 118 cm³/mol. The van der Waals surface area contributed by atoms with Crippen LogP contribution in [-0.4, -0.2) is 11.9 Å². The van der Waals surface area contributed by atoms with Crippen LogP contribution in [0.3, 0.4) is 0 Å². The van der Waals surface area contributed by atoms with Gasteiger partial charge in [-0.2, -0.15) is 5.26 Å². The Morgan fingerprint density at radius 1 is 1.00 bits per heavy atom. The lowest BCUT2D eigenvalue weighted by atomic mass is 9.98. The number of nitrogens with two attached hydrogens (primary N) is 1. The molecule has 1 aromatic heterocycles. The number of nitrogens with one attached hydrogen (secondary N) is 1. The first-order valence-electron chi connectivity index (χ1n) is 9.78. The lowest BCUT2D eigenvalue weighted by Crippen LogP contribution is -2.92. The molecule has 3 aromatic rings. The Kier molecular flexibility index (Phi) is 6.82. The first-order valence-corrected chi connectivity index (χ1v) is 10.7. The van der Waals surface area contributed by atoms with Gasteiger partial charge < -0.3 is 10.6 Å². The molecule has 0 radical (unpaired) electrons. The van der Waals surface area contributed by atoms with Gasteiger partial charge in [-0.05, 0) is 42.0 Å². The van der Waals surface area contributed by atoms with Gasteiger partial charge in [0.2, 0.25) is 0 Å². The Morgan fingerprint density at radius 3 is 2.31 bits per heavy atom. The highest BCUT2D eigenvalue weighted by Crippen LogP contribution is 2.25. The standard InChI is InChI=1S/C24H25N3OS/c1-16(2)18-10-12-19(13-11-18)23(22-9-6-14-29-22)26-17(3)24(28)27-21-8-5-4-7-20(21)15-25/h4-14,16-17,23,26H,1-3H3,(H,27,28)/p+1/t17-,23-/m1/s1. The van der Waals surface area contributed by atoms with E-state index < -0.39 is 0 Å². The number of nitrogens with zero attached hydrogens (tertiary/aromatic N) is 1. The molecule has 148 valence electrons. The first-order chi connectivity index (χ1) is 14.0. The van der Waals surface area contributed by atoms with Crippen molar-refractivity contribution in [1.29, 1.82) is 5.26 Å². The summed E-state index contributed by atoms with van der Waals surface area (Å²) >= 11 is 1.69. The van der Waals surface area contributed by atoms with Crippen LogP contribution in [-0.2, 0) is 4.79 Å². The molecule has 4 nitrogen and oxygen atoms in total. The van der Waals surface area contributed by atoms with E-state index in [1.165, 1.54) is 16.0 Å². The second kappa shape index (κ2) is 9.51. The van der Waals surface area contributed by atoms with E-state index in [1.807, 2.05) is 19.1 Å². The van der Waals surface area contributed by atoms with Gasteiger partial charge in [-0.1, -0.05) is 56.3 Å². The lowest BCUT2D eigenvalue weighted by Gasteiger charge is -2.20. The summed E-state index contributed by atoms with van der Waals surface area (Å²) in [7, 11) is 0. The molecule has 0 fully saturated rings. The largest absolute Gasteiger partial charge is 0.326 e. The zero-order valence-electron chi connectivity index (χ0n) is 16.9. The van der Waals surface area contributed by atoms with Gasteiger partial charge in [0.25, 0.3) is 5.91 Å². The summed E-state index contributed by atoms with van der Waals surface area (Å²) in [5, 5.41) is 16.3. The molecule has 29 heavy (non-hydrogen) atoms. The highest BCUT2D eigenvalue weighted by atomic mass is 32.1. The van der Waals surface area contributed by atoms with Crippen LogP contribution in [0, 0.1) is 11.3 Å². The van der Waals surface area contributed by atoms with E-state index in [-0.39, 0.29) is 18.0 Å².